The number of methoxy groups -OCH3 is 1. The van der Waals surface area contributed by atoms with E-state index < -0.39 is 5.97 Å². The van der Waals surface area contributed by atoms with Crippen molar-refractivity contribution < 1.29 is 14.3 Å². The van der Waals surface area contributed by atoms with Crippen molar-refractivity contribution in [1.29, 1.82) is 0 Å². The molecule has 1 aliphatic rings. The minimum absolute atomic E-state index is 0.120. The maximum Gasteiger partial charge on any atom is 0.339 e. The molecule has 0 N–H and O–H groups in total. The molecular formula is C13H13ClO3. The van der Waals surface area contributed by atoms with Crippen LogP contribution in [0, 0.1) is 5.92 Å². The average Bonchev–Trinajstić information content (AvgIpc) is 2.25. The van der Waals surface area contributed by atoms with Crippen LogP contribution in [0.2, 0.25) is 5.02 Å². The van der Waals surface area contributed by atoms with E-state index in [0.29, 0.717) is 11.1 Å². The fraction of sp³-hybridized carbons (Fsp3) is 0.385. The summed E-state index contributed by atoms with van der Waals surface area (Å²) in [5.41, 5.74) is 0.867. The number of esters is 1. The van der Waals surface area contributed by atoms with Gasteiger partial charge in [-0.25, -0.2) is 4.79 Å². The lowest BCUT2D eigenvalue weighted by Crippen LogP contribution is -2.22. The van der Waals surface area contributed by atoms with Crippen LogP contribution in [0.1, 0.15) is 40.0 Å². The molecule has 90 valence electrons. The summed E-state index contributed by atoms with van der Waals surface area (Å²) in [6.45, 7) is 0. The molecule has 1 aliphatic carbocycles. The van der Waals surface area contributed by atoms with Crippen molar-refractivity contribution in [2.24, 2.45) is 5.92 Å². The molecule has 0 atom stereocenters. The van der Waals surface area contributed by atoms with Gasteiger partial charge in [-0.05, 0) is 25.0 Å². The lowest BCUT2D eigenvalue weighted by atomic mass is 9.80. The van der Waals surface area contributed by atoms with E-state index in [-0.39, 0.29) is 16.7 Å². The summed E-state index contributed by atoms with van der Waals surface area (Å²) in [5.74, 6) is -0.234. The van der Waals surface area contributed by atoms with Crippen molar-refractivity contribution in [3.05, 3.63) is 34.3 Å². The molecular weight excluding hydrogens is 240 g/mol. The van der Waals surface area contributed by atoms with Gasteiger partial charge in [-0.15, -0.1) is 0 Å². The first-order chi connectivity index (χ1) is 8.13. The summed E-state index contributed by atoms with van der Waals surface area (Å²) in [6.07, 6.45) is 3.02. The van der Waals surface area contributed by atoms with Gasteiger partial charge >= 0.3 is 5.97 Å². The minimum atomic E-state index is -0.488. The predicted molar refractivity (Wildman–Crippen MR) is 64.5 cm³/mol. The van der Waals surface area contributed by atoms with Crippen LogP contribution in [0.4, 0.5) is 0 Å². The predicted octanol–water partition coefficient (Wildman–Crippen LogP) is 3.11. The Bertz CT molecular complexity index is 464. The lowest BCUT2D eigenvalue weighted by Gasteiger charge is -2.23. The molecule has 0 saturated heterocycles. The van der Waals surface area contributed by atoms with E-state index in [4.69, 9.17) is 11.6 Å². The van der Waals surface area contributed by atoms with Gasteiger partial charge in [0, 0.05) is 11.5 Å². The number of hydrogen-bond donors (Lipinski definition) is 0. The zero-order valence-corrected chi connectivity index (χ0v) is 10.3. The number of rotatable bonds is 3. The number of Topliss-reactive ketones (excluding diaryl/α,β-unsaturated/α-hetero) is 1. The Labute approximate surface area is 105 Å². The van der Waals surface area contributed by atoms with E-state index in [1.807, 2.05) is 0 Å². The largest absolute Gasteiger partial charge is 0.465 e. The third-order valence-corrected chi connectivity index (χ3v) is 3.45. The number of ether oxygens (including phenoxy) is 1. The SMILES string of the molecule is COC(=O)c1ccc(C(=O)C2CCC2)cc1Cl. The van der Waals surface area contributed by atoms with E-state index in [1.165, 1.54) is 7.11 Å². The van der Waals surface area contributed by atoms with E-state index in [9.17, 15) is 9.59 Å². The Hall–Kier alpha value is -1.35. The maximum absolute atomic E-state index is 12.0. The molecule has 3 nitrogen and oxygen atoms in total. The molecule has 0 amide bonds. The van der Waals surface area contributed by atoms with E-state index in [0.717, 1.165) is 19.3 Å². The zero-order chi connectivity index (χ0) is 12.4. The molecule has 1 fully saturated rings. The van der Waals surface area contributed by atoms with Gasteiger partial charge in [-0.1, -0.05) is 24.1 Å². The van der Waals surface area contributed by atoms with Crippen molar-refractivity contribution >= 4 is 23.4 Å². The topological polar surface area (TPSA) is 43.4 Å². The maximum atomic E-state index is 12.0. The fourth-order valence-corrected chi connectivity index (χ4v) is 2.11. The third kappa shape index (κ3) is 2.34. The van der Waals surface area contributed by atoms with Gasteiger partial charge in [0.15, 0.2) is 5.78 Å². The number of benzene rings is 1. The molecule has 0 radical (unpaired) electrons. The number of hydrogen-bond acceptors (Lipinski definition) is 3. The van der Waals surface area contributed by atoms with Crippen LogP contribution < -0.4 is 0 Å². The highest BCUT2D eigenvalue weighted by Crippen LogP contribution is 2.31. The Morgan fingerprint density at radius 1 is 1.35 bits per heavy atom. The summed E-state index contributed by atoms with van der Waals surface area (Å²) in [7, 11) is 1.30. The molecule has 0 aliphatic heterocycles. The second-order valence-electron chi connectivity index (χ2n) is 4.18. The summed E-state index contributed by atoms with van der Waals surface area (Å²) in [4.78, 5) is 23.3. The first-order valence-corrected chi connectivity index (χ1v) is 5.93. The van der Waals surface area contributed by atoms with Crippen molar-refractivity contribution in [3.8, 4) is 0 Å². The highest BCUT2D eigenvalue weighted by Gasteiger charge is 2.26. The second kappa shape index (κ2) is 4.88. The van der Waals surface area contributed by atoms with Crippen LogP contribution in [-0.2, 0) is 4.74 Å². The van der Waals surface area contributed by atoms with Crippen LogP contribution >= 0.6 is 11.6 Å². The van der Waals surface area contributed by atoms with E-state index in [1.54, 1.807) is 18.2 Å². The monoisotopic (exact) mass is 252 g/mol. The van der Waals surface area contributed by atoms with Crippen LogP contribution in [0.5, 0.6) is 0 Å². The Kier molecular flexibility index (Phi) is 3.48. The Morgan fingerprint density at radius 2 is 2.06 bits per heavy atom. The van der Waals surface area contributed by atoms with Gasteiger partial charge in [-0.3, -0.25) is 4.79 Å². The smallest absolute Gasteiger partial charge is 0.339 e. The molecule has 17 heavy (non-hydrogen) atoms. The molecule has 2 rings (SSSR count). The normalized spacial score (nSPS) is 15.2. The molecule has 0 heterocycles. The summed E-state index contributed by atoms with van der Waals surface area (Å²) >= 11 is 5.96. The standard InChI is InChI=1S/C13H13ClO3/c1-17-13(16)10-6-5-9(7-11(10)14)12(15)8-3-2-4-8/h5-8H,2-4H2,1H3. The first-order valence-electron chi connectivity index (χ1n) is 5.55. The van der Waals surface area contributed by atoms with Crippen molar-refractivity contribution in [2.45, 2.75) is 19.3 Å². The summed E-state index contributed by atoms with van der Waals surface area (Å²) < 4.78 is 4.59. The van der Waals surface area contributed by atoms with E-state index in [2.05, 4.69) is 4.74 Å². The quantitative estimate of drug-likeness (QED) is 0.613. The zero-order valence-electron chi connectivity index (χ0n) is 9.53. The Balaban J connectivity index is 2.24. The van der Waals surface area contributed by atoms with Crippen LogP contribution in [0.15, 0.2) is 18.2 Å². The van der Waals surface area contributed by atoms with Crippen LogP contribution in [0.3, 0.4) is 0 Å². The van der Waals surface area contributed by atoms with Crippen molar-refractivity contribution in [1.82, 2.24) is 0 Å². The van der Waals surface area contributed by atoms with Gasteiger partial charge in [-0.2, -0.15) is 0 Å². The number of halogens is 1. The minimum Gasteiger partial charge on any atom is -0.465 e. The van der Waals surface area contributed by atoms with Crippen LogP contribution in [-0.4, -0.2) is 18.9 Å². The number of carbonyl (C=O) groups is 2. The Morgan fingerprint density at radius 3 is 2.53 bits per heavy atom. The fourth-order valence-electron chi connectivity index (χ4n) is 1.85. The highest BCUT2D eigenvalue weighted by atomic mass is 35.5. The van der Waals surface area contributed by atoms with Gasteiger partial charge in [0.25, 0.3) is 0 Å². The average molecular weight is 253 g/mol. The lowest BCUT2D eigenvalue weighted by molar-refractivity contribution is 0.0600. The van der Waals surface area contributed by atoms with Crippen LogP contribution in [0.25, 0.3) is 0 Å². The summed E-state index contributed by atoms with van der Waals surface area (Å²) in [5, 5.41) is 0.266. The number of carbonyl (C=O) groups excluding carboxylic acids is 2. The molecule has 4 heteroatoms. The van der Waals surface area contributed by atoms with E-state index >= 15 is 0 Å². The molecule has 0 aromatic heterocycles. The molecule has 0 spiro atoms. The molecule has 0 unspecified atom stereocenters. The van der Waals surface area contributed by atoms with Crippen molar-refractivity contribution in [2.75, 3.05) is 7.11 Å². The van der Waals surface area contributed by atoms with Gasteiger partial charge in [0.2, 0.25) is 0 Å². The van der Waals surface area contributed by atoms with Gasteiger partial charge in [0.05, 0.1) is 17.7 Å². The molecule has 1 aromatic carbocycles. The number of ketones is 1. The molecule has 1 saturated carbocycles. The second-order valence-corrected chi connectivity index (χ2v) is 4.59. The highest BCUT2D eigenvalue weighted by molar-refractivity contribution is 6.34. The molecule has 1 aromatic rings. The molecule has 0 bridgehead atoms. The summed E-state index contributed by atoms with van der Waals surface area (Å²) in [6, 6.07) is 4.73. The third-order valence-electron chi connectivity index (χ3n) is 3.13. The van der Waals surface area contributed by atoms with Crippen molar-refractivity contribution in [3.63, 3.8) is 0 Å². The van der Waals surface area contributed by atoms with Gasteiger partial charge < -0.3 is 4.74 Å². The van der Waals surface area contributed by atoms with Gasteiger partial charge in [0.1, 0.15) is 0 Å². The first kappa shape index (κ1) is 12.1.